The zero-order valence-electron chi connectivity index (χ0n) is 18.7. The number of amides is 2. The minimum Gasteiger partial charge on any atom is -0.481 e. The highest BCUT2D eigenvalue weighted by Gasteiger charge is 2.30. The first kappa shape index (κ1) is 23.5. The summed E-state index contributed by atoms with van der Waals surface area (Å²) in [7, 11) is 0. The standard InChI is InChI=1S/C24H25N5O4/c1-14(2)9-17-18(11-16-7-5-4-6-8-16)29-22(21(17)23(31)24(26)32)19(10-15(3)28-29)33-12-20(30)27-13-25/h4-8,10,14H,9,11-12H2,1-3H3,(H2,26,32)(H,27,30). The van der Waals surface area contributed by atoms with Crippen LogP contribution < -0.4 is 15.8 Å². The third-order valence-electron chi connectivity index (χ3n) is 5.02. The van der Waals surface area contributed by atoms with E-state index in [0.717, 1.165) is 11.3 Å². The monoisotopic (exact) mass is 447 g/mol. The maximum absolute atomic E-state index is 13.0. The van der Waals surface area contributed by atoms with E-state index in [2.05, 4.69) is 5.10 Å². The highest BCUT2D eigenvalue weighted by Crippen LogP contribution is 2.34. The minimum atomic E-state index is -1.09. The van der Waals surface area contributed by atoms with Gasteiger partial charge in [0.2, 0.25) is 0 Å². The van der Waals surface area contributed by atoms with Gasteiger partial charge in [-0.1, -0.05) is 44.2 Å². The number of nitrogens with one attached hydrogen (secondary N) is 1. The van der Waals surface area contributed by atoms with Crippen LogP contribution in [0.25, 0.3) is 5.52 Å². The number of benzene rings is 1. The van der Waals surface area contributed by atoms with Gasteiger partial charge in [0.1, 0.15) is 11.3 Å². The molecule has 3 rings (SSSR count). The Hall–Kier alpha value is -4.19. The highest BCUT2D eigenvalue weighted by atomic mass is 16.5. The fraction of sp³-hybridized carbons (Fsp3) is 0.292. The Balaban J connectivity index is 2.31. The van der Waals surface area contributed by atoms with Crippen LogP contribution in [0.3, 0.4) is 0 Å². The van der Waals surface area contributed by atoms with Gasteiger partial charge in [0.25, 0.3) is 17.6 Å². The maximum atomic E-state index is 13.0. The van der Waals surface area contributed by atoms with Crippen molar-refractivity contribution < 1.29 is 19.1 Å². The van der Waals surface area contributed by atoms with Gasteiger partial charge in [-0.25, -0.2) is 4.52 Å². The van der Waals surface area contributed by atoms with Crippen LogP contribution in [0.4, 0.5) is 0 Å². The first-order valence-corrected chi connectivity index (χ1v) is 10.5. The second-order valence-corrected chi connectivity index (χ2v) is 8.11. The fourth-order valence-corrected chi connectivity index (χ4v) is 3.76. The van der Waals surface area contributed by atoms with Crippen molar-refractivity contribution in [3.63, 3.8) is 0 Å². The van der Waals surface area contributed by atoms with E-state index in [4.69, 9.17) is 15.7 Å². The number of fused-ring (bicyclic) bond motifs is 1. The number of aryl methyl sites for hydroxylation is 1. The zero-order valence-corrected chi connectivity index (χ0v) is 18.7. The van der Waals surface area contributed by atoms with Crippen molar-refractivity contribution in [1.82, 2.24) is 14.9 Å². The van der Waals surface area contributed by atoms with Crippen LogP contribution in [0.15, 0.2) is 36.4 Å². The number of hydrogen-bond acceptors (Lipinski definition) is 6. The van der Waals surface area contributed by atoms with E-state index in [-0.39, 0.29) is 22.7 Å². The Bertz CT molecular complexity index is 1260. The smallest absolute Gasteiger partial charge is 0.289 e. The van der Waals surface area contributed by atoms with Crippen molar-refractivity contribution >= 4 is 23.1 Å². The molecule has 0 atom stereocenters. The van der Waals surface area contributed by atoms with Gasteiger partial charge in [-0.15, -0.1) is 0 Å². The van der Waals surface area contributed by atoms with Gasteiger partial charge in [-0.05, 0) is 30.4 Å². The normalized spacial score (nSPS) is 10.8. The van der Waals surface area contributed by atoms with Gasteiger partial charge in [0, 0.05) is 12.5 Å². The molecule has 1 aromatic carbocycles. The second kappa shape index (κ2) is 9.96. The largest absolute Gasteiger partial charge is 0.481 e. The summed E-state index contributed by atoms with van der Waals surface area (Å²) in [5, 5.41) is 15.2. The molecule has 0 bridgehead atoms. The molecule has 0 spiro atoms. The van der Waals surface area contributed by atoms with E-state index >= 15 is 0 Å². The molecule has 0 unspecified atom stereocenters. The third kappa shape index (κ3) is 5.18. The van der Waals surface area contributed by atoms with E-state index < -0.39 is 24.2 Å². The number of aromatic nitrogens is 2. The Labute approximate surface area is 191 Å². The van der Waals surface area contributed by atoms with Crippen molar-refractivity contribution in [1.29, 1.82) is 5.26 Å². The summed E-state index contributed by atoms with van der Waals surface area (Å²) in [5.74, 6) is -2.22. The number of Topliss-reactive ketones (excluding diaryl/α,β-unsaturated/α-hetero) is 1. The first-order valence-electron chi connectivity index (χ1n) is 10.5. The molecule has 0 aliphatic rings. The molecule has 2 amide bonds. The Morgan fingerprint density at radius 3 is 2.55 bits per heavy atom. The summed E-state index contributed by atoms with van der Waals surface area (Å²) >= 11 is 0. The topological polar surface area (TPSA) is 140 Å². The van der Waals surface area contributed by atoms with Crippen LogP contribution in [0.2, 0.25) is 0 Å². The van der Waals surface area contributed by atoms with Crippen molar-refractivity contribution in [3.05, 3.63) is 64.5 Å². The number of ether oxygens (including phenoxy) is 1. The molecule has 0 aliphatic heterocycles. The van der Waals surface area contributed by atoms with Crippen LogP contribution in [0, 0.1) is 24.3 Å². The molecule has 0 fully saturated rings. The summed E-state index contributed by atoms with van der Waals surface area (Å²) in [6.45, 7) is 5.33. The second-order valence-electron chi connectivity index (χ2n) is 8.11. The number of nitriles is 1. The van der Waals surface area contributed by atoms with Gasteiger partial charge in [0.05, 0.1) is 17.0 Å². The molecule has 0 aliphatic carbocycles. The summed E-state index contributed by atoms with van der Waals surface area (Å²) in [6, 6.07) is 11.3. The number of hydrogen-bond donors (Lipinski definition) is 2. The first-order chi connectivity index (χ1) is 15.7. The molecule has 2 aromatic heterocycles. The number of carbonyl (C=O) groups excluding carboxylic acids is 3. The molecule has 0 radical (unpaired) electrons. The maximum Gasteiger partial charge on any atom is 0.289 e. The van der Waals surface area contributed by atoms with E-state index in [1.165, 1.54) is 0 Å². The van der Waals surface area contributed by atoms with Gasteiger partial charge >= 0.3 is 0 Å². The summed E-state index contributed by atoms with van der Waals surface area (Å²) in [5.41, 5.74) is 8.80. The lowest BCUT2D eigenvalue weighted by molar-refractivity contribution is -0.122. The summed E-state index contributed by atoms with van der Waals surface area (Å²) in [6.07, 6.45) is 2.51. The predicted molar refractivity (Wildman–Crippen MR) is 120 cm³/mol. The Kier molecular flexibility index (Phi) is 7.08. The SMILES string of the molecule is Cc1cc(OCC(=O)NC#N)c2c(C(=O)C(N)=O)c(CC(C)C)c(Cc3ccccc3)n2n1. The van der Waals surface area contributed by atoms with Crippen molar-refractivity contribution in [3.8, 4) is 11.9 Å². The molecule has 2 heterocycles. The minimum absolute atomic E-state index is 0.130. The summed E-state index contributed by atoms with van der Waals surface area (Å²) < 4.78 is 7.29. The quantitative estimate of drug-likeness (QED) is 0.223. The Morgan fingerprint density at radius 1 is 1.24 bits per heavy atom. The summed E-state index contributed by atoms with van der Waals surface area (Å²) in [4.78, 5) is 36.8. The van der Waals surface area contributed by atoms with Crippen LogP contribution in [0.1, 0.15) is 46.7 Å². The number of primary amides is 1. The lowest BCUT2D eigenvalue weighted by Gasteiger charge is -2.10. The van der Waals surface area contributed by atoms with Crippen LogP contribution in [0.5, 0.6) is 5.75 Å². The van der Waals surface area contributed by atoms with Crippen molar-refractivity contribution in [2.24, 2.45) is 11.7 Å². The molecule has 9 heteroatoms. The van der Waals surface area contributed by atoms with E-state index in [1.54, 1.807) is 23.7 Å². The van der Waals surface area contributed by atoms with Crippen LogP contribution >= 0.6 is 0 Å². The van der Waals surface area contributed by atoms with Crippen LogP contribution in [-0.4, -0.2) is 33.8 Å². The number of nitrogens with zero attached hydrogens (tertiary/aromatic N) is 3. The van der Waals surface area contributed by atoms with Gasteiger partial charge in [-0.2, -0.15) is 10.4 Å². The number of ketones is 1. The number of nitrogens with two attached hydrogens (primary N) is 1. The molecular formula is C24H25N5O4. The predicted octanol–water partition coefficient (Wildman–Crippen LogP) is 2.08. The van der Waals surface area contributed by atoms with E-state index in [1.807, 2.05) is 49.5 Å². The molecule has 170 valence electrons. The highest BCUT2D eigenvalue weighted by molar-refractivity contribution is 6.44. The fourth-order valence-electron chi connectivity index (χ4n) is 3.76. The van der Waals surface area contributed by atoms with Gasteiger partial charge in [0.15, 0.2) is 12.8 Å². The molecule has 3 aromatic rings. The van der Waals surface area contributed by atoms with E-state index in [0.29, 0.717) is 24.1 Å². The Morgan fingerprint density at radius 2 is 1.94 bits per heavy atom. The van der Waals surface area contributed by atoms with Crippen LogP contribution in [-0.2, 0) is 22.4 Å². The molecule has 0 saturated heterocycles. The number of rotatable bonds is 9. The lowest BCUT2D eigenvalue weighted by atomic mass is 9.94. The lowest BCUT2D eigenvalue weighted by Crippen LogP contribution is -2.25. The molecule has 0 saturated carbocycles. The molecule has 3 N–H and O–H groups in total. The van der Waals surface area contributed by atoms with E-state index in [9.17, 15) is 14.4 Å². The van der Waals surface area contributed by atoms with Gasteiger partial charge in [-0.3, -0.25) is 19.7 Å². The average Bonchev–Trinajstić information content (AvgIpc) is 3.04. The average molecular weight is 447 g/mol. The molecule has 33 heavy (non-hydrogen) atoms. The van der Waals surface area contributed by atoms with Crippen molar-refractivity contribution in [2.45, 2.75) is 33.6 Å². The third-order valence-corrected chi connectivity index (χ3v) is 5.02. The number of carbonyl (C=O) groups is 3. The molecular weight excluding hydrogens is 422 g/mol. The molecule has 9 nitrogen and oxygen atoms in total. The van der Waals surface area contributed by atoms with Crippen molar-refractivity contribution in [2.75, 3.05) is 6.61 Å². The zero-order chi connectivity index (χ0) is 24.1. The van der Waals surface area contributed by atoms with Gasteiger partial charge < -0.3 is 10.5 Å².